The topological polar surface area (TPSA) is 72.2 Å². The van der Waals surface area contributed by atoms with Gasteiger partial charge in [-0.2, -0.15) is 0 Å². The van der Waals surface area contributed by atoms with Gasteiger partial charge in [-0.05, 0) is 45.1 Å². The van der Waals surface area contributed by atoms with Gasteiger partial charge in [0, 0.05) is 11.0 Å². The van der Waals surface area contributed by atoms with E-state index in [4.69, 9.17) is 5.73 Å². The third-order valence-corrected chi connectivity index (χ3v) is 5.79. The number of para-hydroxylation sites is 1. The van der Waals surface area contributed by atoms with Gasteiger partial charge in [-0.25, -0.2) is 8.42 Å². The van der Waals surface area contributed by atoms with E-state index in [1.54, 1.807) is 29.6 Å². The van der Waals surface area contributed by atoms with E-state index in [0.29, 0.717) is 16.7 Å². The van der Waals surface area contributed by atoms with E-state index in [9.17, 15) is 8.42 Å². The van der Waals surface area contributed by atoms with Crippen molar-refractivity contribution in [2.75, 3.05) is 4.72 Å². The summed E-state index contributed by atoms with van der Waals surface area (Å²) >= 11 is 4.46. The van der Waals surface area contributed by atoms with Gasteiger partial charge in [-0.1, -0.05) is 12.1 Å². The van der Waals surface area contributed by atoms with Crippen LogP contribution >= 0.6 is 27.3 Å². The lowest BCUT2D eigenvalue weighted by atomic mass is 10.3. The maximum atomic E-state index is 12.1. The Kier molecular flexibility index (Phi) is 4.06. The molecule has 0 saturated heterocycles. The Hall–Kier alpha value is -0.890. The molecular weight excluding hydrogens is 336 g/mol. The van der Waals surface area contributed by atoms with Crippen molar-refractivity contribution in [2.45, 2.75) is 10.8 Å². The summed E-state index contributed by atoms with van der Waals surface area (Å²) in [6, 6.07) is 8.64. The molecule has 3 N–H and O–H groups in total. The molecule has 0 bridgehead atoms. The number of hydrogen-bond acceptors (Lipinski definition) is 4. The first-order chi connectivity index (χ1) is 8.53. The first-order valence-electron chi connectivity index (χ1n) is 5.08. The lowest BCUT2D eigenvalue weighted by molar-refractivity contribution is 0.603. The van der Waals surface area contributed by atoms with Crippen molar-refractivity contribution in [2.24, 2.45) is 5.73 Å². The molecule has 96 valence electrons. The molecule has 0 amide bonds. The van der Waals surface area contributed by atoms with E-state index < -0.39 is 10.0 Å². The van der Waals surface area contributed by atoms with Gasteiger partial charge in [0.25, 0.3) is 10.0 Å². The number of hydrogen-bond donors (Lipinski definition) is 2. The van der Waals surface area contributed by atoms with Crippen molar-refractivity contribution in [1.29, 1.82) is 0 Å². The molecule has 0 spiro atoms. The Balaban J connectivity index is 2.30. The molecule has 18 heavy (non-hydrogen) atoms. The summed E-state index contributed by atoms with van der Waals surface area (Å²) in [5.74, 6) is 0. The average molecular weight is 347 g/mol. The molecule has 0 saturated carbocycles. The number of nitrogens with two attached hydrogens (primary N) is 1. The van der Waals surface area contributed by atoms with Gasteiger partial charge in [-0.15, -0.1) is 11.3 Å². The van der Waals surface area contributed by atoms with E-state index in [-0.39, 0.29) is 4.21 Å². The first-order valence-corrected chi connectivity index (χ1v) is 8.23. The monoisotopic (exact) mass is 346 g/mol. The lowest BCUT2D eigenvalue weighted by Crippen LogP contribution is -2.11. The van der Waals surface area contributed by atoms with Gasteiger partial charge >= 0.3 is 0 Å². The highest BCUT2D eigenvalue weighted by Crippen LogP contribution is 2.27. The second kappa shape index (κ2) is 5.40. The van der Waals surface area contributed by atoms with Gasteiger partial charge in [-0.3, -0.25) is 4.72 Å². The van der Waals surface area contributed by atoms with Crippen molar-refractivity contribution < 1.29 is 8.42 Å². The maximum Gasteiger partial charge on any atom is 0.271 e. The Morgan fingerprint density at radius 3 is 2.67 bits per heavy atom. The van der Waals surface area contributed by atoms with Gasteiger partial charge in [0.15, 0.2) is 0 Å². The fourth-order valence-corrected chi connectivity index (χ4v) is 4.16. The third kappa shape index (κ3) is 2.92. The quantitative estimate of drug-likeness (QED) is 0.893. The summed E-state index contributed by atoms with van der Waals surface area (Å²) in [6.07, 6.45) is 0. The first kappa shape index (κ1) is 13.5. The Bertz CT molecular complexity index is 653. The maximum absolute atomic E-state index is 12.1. The van der Waals surface area contributed by atoms with Gasteiger partial charge in [0.05, 0.1) is 5.69 Å². The SMILES string of the molecule is NCc1csc(S(=O)(=O)Nc2ccccc2Br)c1. The van der Waals surface area contributed by atoms with Crippen LogP contribution in [0.15, 0.2) is 44.4 Å². The molecule has 7 heteroatoms. The molecule has 1 aromatic carbocycles. The van der Waals surface area contributed by atoms with E-state index in [2.05, 4.69) is 20.7 Å². The number of thiophene rings is 1. The van der Waals surface area contributed by atoms with Crippen LogP contribution in [0.5, 0.6) is 0 Å². The van der Waals surface area contributed by atoms with Crippen LogP contribution in [0.2, 0.25) is 0 Å². The summed E-state index contributed by atoms with van der Waals surface area (Å²) in [6.45, 7) is 0.334. The zero-order valence-corrected chi connectivity index (χ0v) is 12.5. The predicted octanol–water partition coefficient (Wildman–Crippen LogP) is 2.77. The smallest absolute Gasteiger partial charge is 0.271 e. The van der Waals surface area contributed by atoms with Crippen LogP contribution in [0.4, 0.5) is 5.69 Å². The molecule has 0 aliphatic rings. The van der Waals surface area contributed by atoms with Crippen molar-refractivity contribution in [1.82, 2.24) is 0 Å². The van der Waals surface area contributed by atoms with Crippen LogP contribution in [-0.2, 0) is 16.6 Å². The zero-order valence-electron chi connectivity index (χ0n) is 9.26. The summed E-state index contributed by atoms with van der Waals surface area (Å²) < 4.78 is 27.7. The van der Waals surface area contributed by atoms with E-state index in [1.165, 1.54) is 0 Å². The minimum Gasteiger partial charge on any atom is -0.326 e. The second-order valence-corrected chi connectivity index (χ2v) is 7.24. The van der Waals surface area contributed by atoms with Crippen molar-refractivity contribution in [3.63, 3.8) is 0 Å². The minimum absolute atomic E-state index is 0.263. The molecule has 0 fully saturated rings. The van der Waals surface area contributed by atoms with E-state index in [0.717, 1.165) is 16.9 Å². The molecule has 2 rings (SSSR count). The largest absolute Gasteiger partial charge is 0.326 e. The highest BCUT2D eigenvalue weighted by atomic mass is 79.9. The van der Waals surface area contributed by atoms with Gasteiger partial charge < -0.3 is 5.73 Å². The summed E-state index contributed by atoms with van der Waals surface area (Å²) in [5.41, 5.74) is 6.79. The Labute approximate surface area is 118 Å². The van der Waals surface area contributed by atoms with Crippen LogP contribution < -0.4 is 10.5 Å². The number of rotatable bonds is 4. The highest BCUT2D eigenvalue weighted by Gasteiger charge is 2.17. The van der Waals surface area contributed by atoms with Crippen LogP contribution in [0.1, 0.15) is 5.56 Å². The van der Waals surface area contributed by atoms with Crippen molar-refractivity contribution >= 4 is 43.0 Å². The Morgan fingerprint density at radius 2 is 2.06 bits per heavy atom. The molecule has 0 unspecified atom stereocenters. The summed E-state index contributed by atoms with van der Waals surface area (Å²) in [7, 11) is -3.54. The summed E-state index contributed by atoms with van der Waals surface area (Å²) in [4.78, 5) is 0. The minimum atomic E-state index is -3.54. The molecule has 2 aromatic rings. The molecule has 0 aliphatic carbocycles. The predicted molar refractivity (Wildman–Crippen MR) is 77.2 cm³/mol. The van der Waals surface area contributed by atoms with Crippen LogP contribution in [0.25, 0.3) is 0 Å². The number of sulfonamides is 1. The van der Waals surface area contributed by atoms with Crippen LogP contribution in [0.3, 0.4) is 0 Å². The number of benzene rings is 1. The lowest BCUT2D eigenvalue weighted by Gasteiger charge is -2.07. The van der Waals surface area contributed by atoms with E-state index >= 15 is 0 Å². The number of halogens is 1. The molecule has 1 heterocycles. The molecule has 4 nitrogen and oxygen atoms in total. The number of anilines is 1. The molecule has 1 aromatic heterocycles. The molecule has 0 aliphatic heterocycles. The molecular formula is C11H11BrN2O2S2. The zero-order chi connectivity index (χ0) is 13.2. The third-order valence-electron chi connectivity index (χ3n) is 2.25. The Morgan fingerprint density at radius 1 is 1.33 bits per heavy atom. The van der Waals surface area contributed by atoms with Gasteiger partial charge in [0.1, 0.15) is 4.21 Å². The average Bonchev–Trinajstić information content (AvgIpc) is 2.81. The molecule has 0 radical (unpaired) electrons. The summed E-state index contributed by atoms with van der Waals surface area (Å²) in [5, 5.41) is 1.74. The highest BCUT2D eigenvalue weighted by molar-refractivity contribution is 9.10. The van der Waals surface area contributed by atoms with Crippen LogP contribution in [0, 0.1) is 0 Å². The van der Waals surface area contributed by atoms with E-state index in [1.807, 2.05) is 6.07 Å². The second-order valence-electron chi connectivity index (χ2n) is 3.56. The molecule has 0 atom stereocenters. The van der Waals surface area contributed by atoms with Crippen molar-refractivity contribution in [3.05, 3.63) is 45.7 Å². The normalized spacial score (nSPS) is 11.4. The fourth-order valence-electron chi connectivity index (χ4n) is 1.34. The number of nitrogens with one attached hydrogen (secondary N) is 1. The van der Waals surface area contributed by atoms with Gasteiger partial charge in [0.2, 0.25) is 0 Å². The van der Waals surface area contributed by atoms with Crippen molar-refractivity contribution in [3.8, 4) is 0 Å². The van der Waals surface area contributed by atoms with Crippen LogP contribution in [-0.4, -0.2) is 8.42 Å². The standard InChI is InChI=1S/C11H11BrN2O2S2/c12-9-3-1-2-4-10(9)14-18(15,16)11-5-8(6-13)7-17-11/h1-5,7,14H,6,13H2. The fraction of sp³-hybridized carbons (Fsp3) is 0.0909.